The van der Waals surface area contributed by atoms with Crippen LogP contribution in [-0.2, 0) is 6.61 Å². The molecule has 2 aromatic carbocycles. The van der Waals surface area contributed by atoms with Crippen molar-refractivity contribution in [1.29, 1.82) is 5.26 Å². The topological polar surface area (TPSA) is 76.1 Å². The summed E-state index contributed by atoms with van der Waals surface area (Å²) in [6.45, 7) is 1.79. The first-order valence-corrected chi connectivity index (χ1v) is 6.12. The number of nitrogens with zero attached hydrogens (tertiary/aromatic N) is 1. The third kappa shape index (κ3) is 3.15. The summed E-state index contributed by atoms with van der Waals surface area (Å²) in [5.41, 5.74) is 8.04. The number of ketones is 1. The summed E-state index contributed by atoms with van der Waals surface area (Å²) in [7, 11) is 0. The Kier molecular flexibility index (Phi) is 4.02. The van der Waals surface area contributed by atoms with Crippen LogP contribution in [0.4, 0.5) is 5.69 Å². The van der Waals surface area contributed by atoms with Crippen molar-refractivity contribution < 1.29 is 9.53 Å². The Morgan fingerprint density at radius 1 is 1.30 bits per heavy atom. The molecule has 2 N–H and O–H groups in total. The van der Waals surface area contributed by atoms with E-state index >= 15 is 0 Å². The van der Waals surface area contributed by atoms with E-state index in [2.05, 4.69) is 0 Å². The van der Waals surface area contributed by atoms with E-state index in [1.54, 1.807) is 24.3 Å². The predicted molar refractivity (Wildman–Crippen MR) is 76.3 cm³/mol. The fraction of sp³-hybridized carbons (Fsp3) is 0.125. The molecule has 0 radical (unpaired) electrons. The van der Waals surface area contributed by atoms with Gasteiger partial charge in [-0.2, -0.15) is 5.26 Å². The van der Waals surface area contributed by atoms with E-state index in [0.29, 0.717) is 29.2 Å². The Morgan fingerprint density at radius 2 is 2.10 bits per heavy atom. The van der Waals surface area contributed by atoms with Crippen molar-refractivity contribution in [3.05, 3.63) is 59.2 Å². The smallest absolute Gasteiger partial charge is 0.161 e. The zero-order chi connectivity index (χ0) is 14.5. The van der Waals surface area contributed by atoms with Gasteiger partial charge in [0.15, 0.2) is 5.78 Å². The van der Waals surface area contributed by atoms with Crippen molar-refractivity contribution in [2.75, 3.05) is 5.73 Å². The zero-order valence-corrected chi connectivity index (χ0v) is 11.1. The molecule has 0 aromatic heterocycles. The van der Waals surface area contributed by atoms with Crippen LogP contribution in [0.3, 0.4) is 0 Å². The number of anilines is 1. The minimum Gasteiger partial charge on any atom is -0.489 e. The lowest BCUT2D eigenvalue weighted by molar-refractivity contribution is 0.101. The summed E-state index contributed by atoms with van der Waals surface area (Å²) in [5.74, 6) is 0.415. The highest BCUT2D eigenvalue weighted by atomic mass is 16.5. The third-order valence-electron chi connectivity index (χ3n) is 2.85. The van der Waals surface area contributed by atoms with Crippen LogP contribution in [0.2, 0.25) is 0 Å². The summed E-state index contributed by atoms with van der Waals surface area (Å²) in [5, 5.41) is 9.04. The van der Waals surface area contributed by atoms with Gasteiger partial charge in [-0.25, -0.2) is 0 Å². The van der Waals surface area contributed by atoms with Crippen LogP contribution in [-0.4, -0.2) is 5.78 Å². The Morgan fingerprint density at radius 3 is 2.75 bits per heavy atom. The van der Waals surface area contributed by atoms with E-state index in [1.165, 1.54) is 6.92 Å². The maximum atomic E-state index is 11.3. The molecule has 0 unspecified atom stereocenters. The van der Waals surface area contributed by atoms with Crippen molar-refractivity contribution in [2.24, 2.45) is 0 Å². The van der Waals surface area contributed by atoms with E-state index in [1.807, 2.05) is 24.3 Å². The SMILES string of the molecule is CC(=O)c1ccc(OCc2cccc(N)c2)cc1C#N. The van der Waals surface area contributed by atoms with Crippen molar-refractivity contribution in [3.63, 3.8) is 0 Å². The van der Waals surface area contributed by atoms with Crippen LogP contribution in [0, 0.1) is 11.3 Å². The standard InChI is InChI=1S/C16H14N2O2/c1-11(19)16-6-5-15(8-13(16)9-17)20-10-12-3-2-4-14(18)7-12/h2-8H,10,18H2,1H3. The molecule has 0 aliphatic rings. The molecule has 20 heavy (non-hydrogen) atoms. The van der Waals surface area contributed by atoms with Crippen molar-refractivity contribution in [2.45, 2.75) is 13.5 Å². The lowest BCUT2D eigenvalue weighted by Crippen LogP contribution is -2.00. The first-order valence-electron chi connectivity index (χ1n) is 6.12. The summed E-state index contributed by atoms with van der Waals surface area (Å²) in [6.07, 6.45) is 0. The molecule has 4 heteroatoms. The molecule has 2 rings (SSSR count). The molecule has 0 spiro atoms. The highest BCUT2D eigenvalue weighted by Crippen LogP contribution is 2.19. The first kappa shape index (κ1) is 13.6. The molecular formula is C16H14N2O2. The van der Waals surface area contributed by atoms with E-state index in [0.717, 1.165) is 5.56 Å². The normalized spacial score (nSPS) is 9.80. The summed E-state index contributed by atoms with van der Waals surface area (Å²) < 4.78 is 5.61. The van der Waals surface area contributed by atoms with Crippen LogP contribution in [0.5, 0.6) is 5.75 Å². The Labute approximate surface area is 117 Å². The molecule has 0 heterocycles. The summed E-state index contributed by atoms with van der Waals surface area (Å²) in [4.78, 5) is 11.3. The number of rotatable bonds is 4. The molecule has 0 bridgehead atoms. The number of nitrogen functional groups attached to an aromatic ring is 1. The van der Waals surface area contributed by atoms with Gasteiger partial charge in [-0.3, -0.25) is 4.79 Å². The predicted octanol–water partition coefficient (Wildman–Crippen LogP) is 2.92. The molecule has 0 aliphatic heterocycles. The summed E-state index contributed by atoms with van der Waals surface area (Å²) in [6, 6.07) is 14.3. The molecule has 0 amide bonds. The lowest BCUT2D eigenvalue weighted by Gasteiger charge is -2.08. The van der Waals surface area contributed by atoms with Gasteiger partial charge >= 0.3 is 0 Å². The zero-order valence-electron chi connectivity index (χ0n) is 11.1. The fourth-order valence-corrected chi connectivity index (χ4v) is 1.86. The van der Waals surface area contributed by atoms with Gasteiger partial charge in [0.25, 0.3) is 0 Å². The molecular weight excluding hydrogens is 252 g/mol. The number of carbonyl (C=O) groups excluding carboxylic acids is 1. The molecule has 0 saturated heterocycles. The number of benzene rings is 2. The van der Waals surface area contributed by atoms with E-state index in [9.17, 15) is 4.79 Å². The van der Waals surface area contributed by atoms with Crippen LogP contribution >= 0.6 is 0 Å². The van der Waals surface area contributed by atoms with E-state index in [4.69, 9.17) is 15.7 Å². The minimum atomic E-state index is -0.135. The lowest BCUT2D eigenvalue weighted by atomic mass is 10.1. The quantitative estimate of drug-likeness (QED) is 0.682. The molecule has 0 aliphatic carbocycles. The number of hydrogen-bond acceptors (Lipinski definition) is 4. The van der Waals surface area contributed by atoms with Gasteiger partial charge in [-0.1, -0.05) is 12.1 Å². The van der Waals surface area contributed by atoms with Crippen molar-refractivity contribution in [1.82, 2.24) is 0 Å². The highest BCUT2D eigenvalue weighted by Gasteiger charge is 2.08. The monoisotopic (exact) mass is 266 g/mol. The number of nitriles is 1. The van der Waals surface area contributed by atoms with Gasteiger partial charge in [0.1, 0.15) is 18.4 Å². The average molecular weight is 266 g/mol. The maximum Gasteiger partial charge on any atom is 0.161 e. The fourth-order valence-electron chi connectivity index (χ4n) is 1.86. The Hall–Kier alpha value is -2.80. The van der Waals surface area contributed by atoms with Crippen LogP contribution in [0.1, 0.15) is 28.4 Å². The third-order valence-corrected chi connectivity index (χ3v) is 2.85. The minimum absolute atomic E-state index is 0.135. The van der Waals surface area contributed by atoms with E-state index in [-0.39, 0.29) is 5.78 Å². The molecule has 100 valence electrons. The highest BCUT2D eigenvalue weighted by molar-refractivity contribution is 5.96. The van der Waals surface area contributed by atoms with Crippen molar-refractivity contribution >= 4 is 11.5 Å². The van der Waals surface area contributed by atoms with Gasteiger partial charge in [0.2, 0.25) is 0 Å². The maximum absolute atomic E-state index is 11.3. The Balaban J connectivity index is 2.15. The van der Waals surface area contributed by atoms with Crippen molar-refractivity contribution in [3.8, 4) is 11.8 Å². The molecule has 2 aromatic rings. The summed E-state index contributed by atoms with van der Waals surface area (Å²) >= 11 is 0. The van der Waals surface area contributed by atoms with Crippen LogP contribution in [0.15, 0.2) is 42.5 Å². The van der Waals surface area contributed by atoms with E-state index < -0.39 is 0 Å². The van der Waals surface area contributed by atoms with Gasteiger partial charge in [0.05, 0.1) is 5.56 Å². The van der Waals surface area contributed by atoms with Crippen LogP contribution in [0.25, 0.3) is 0 Å². The number of carbonyl (C=O) groups is 1. The second-order valence-corrected chi connectivity index (χ2v) is 4.41. The van der Waals surface area contributed by atoms with Gasteiger partial charge < -0.3 is 10.5 Å². The number of hydrogen-bond donors (Lipinski definition) is 1. The molecule has 4 nitrogen and oxygen atoms in total. The molecule has 0 atom stereocenters. The molecule has 0 fully saturated rings. The number of ether oxygens (including phenoxy) is 1. The van der Waals surface area contributed by atoms with Gasteiger partial charge in [-0.15, -0.1) is 0 Å². The largest absolute Gasteiger partial charge is 0.489 e. The first-order chi connectivity index (χ1) is 9.60. The number of Topliss-reactive ketones (excluding diaryl/α,β-unsaturated/α-hetero) is 1. The number of nitrogens with two attached hydrogens (primary N) is 1. The van der Waals surface area contributed by atoms with Gasteiger partial charge in [0, 0.05) is 11.3 Å². The second kappa shape index (κ2) is 5.89. The Bertz CT molecular complexity index is 687. The molecule has 0 saturated carbocycles. The average Bonchev–Trinajstić information content (AvgIpc) is 2.44. The second-order valence-electron chi connectivity index (χ2n) is 4.41. The van der Waals surface area contributed by atoms with Gasteiger partial charge in [-0.05, 0) is 42.8 Å². The van der Waals surface area contributed by atoms with Crippen LogP contribution < -0.4 is 10.5 Å².